The van der Waals surface area contributed by atoms with Crippen LogP contribution in [0.5, 0.6) is 0 Å². The molecule has 0 saturated heterocycles. The maximum Gasteiger partial charge on any atom is 0.418 e. The predicted octanol–water partition coefficient (Wildman–Crippen LogP) is 4.20. The van der Waals surface area contributed by atoms with Crippen molar-refractivity contribution in [3.8, 4) is 0 Å². The molecular weight excluding hydrogens is 316 g/mol. The van der Waals surface area contributed by atoms with Crippen molar-refractivity contribution in [2.24, 2.45) is 0 Å². The largest absolute Gasteiger partial charge is 0.454 e. The molecule has 1 aliphatic rings. The topological polar surface area (TPSA) is 52.6 Å². The van der Waals surface area contributed by atoms with E-state index in [1.807, 2.05) is 60.7 Å². The number of carbonyl (C=O) groups is 2. The Kier molecular flexibility index (Phi) is 5.83. The Labute approximate surface area is 147 Å². The Morgan fingerprint density at radius 1 is 0.760 bits per heavy atom. The number of esters is 2. The fourth-order valence-corrected chi connectivity index (χ4v) is 3.12. The lowest BCUT2D eigenvalue weighted by Gasteiger charge is -2.22. The molecule has 2 aromatic rings. The standard InChI is InChI=1S/C21H22O4/c22-20(24-18-14-8-3-9-15-18)21(23)25-19(16-10-4-1-5-11-16)17-12-6-2-7-13-17/h1-2,4-7,10-13,18-19H,3,8-9,14-15H2. The molecule has 2 aromatic carbocycles. The van der Waals surface area contributed by atoms with Crippen LogP contribution in [0.3, 0.4) is 0 Å². The SMILES string of the molecule is O=C(OC1CCCCC1)C(=O)OC(c1ccccc1)c1ccccc1. The molecule has 3 rings (SSSR count). The molecule has 4 heteroatoms. The van der Waals surface area contributed by atoms with Crippen molar-refractivity contribution in [2.45, 2.75) is 44.3 Å². The molecule has 25 heavy (non-hydrogen) atoms. The van der Waals surface area contributed by atoms with Crippen molar-refractivity contribution >= 4 is 11.9 Å². The number of rotatable bonds is 4. The average molecular weight is 338 g/mol. The van der Waals surface area contributed by atoms with Gasteiger partial charge in [-0.1, -0.05) is 67.1 Å². The first-order chi connectivity index (χ1) is 12.2. The zero-order chi connectivity index (χ0) is 17.5. The monoisotopic (exact) mass is 338 g/mol. The van der Waals surface area contributed by atoms with E-state index in [1.54, 1.807) is 0 Å². The van der Waals surface area contributed by atoms with E-state index in [1.165, 1.54) is 0 Å². The highest BCUT2D eigenvalue weighted by Crippen LogP contribution is 2.26. The molecule has 130 valence electrons. The highest BCUT2D eigenvalue weighted by molar-refractivity contribution is 6.29. The van der Waals surface area contributed by atoms with Crippen molar-refractivity contribution in [3.05, 3.63) is 71.8 Å². The summed E-state index contributed by atoms with van der Waals surface area (Å²) in [4.78, 5) is 24.4. The van der Waals surface area contributed by atoms with Gasteiger partial charge in [-0.05, 0) is 36.8 Å². The van der Waals surface area contributed by atoms with Crippen LogP contribution >= 0.6 is 0 Å². The number of carbonyl (C=O) groups excluding carboxylic acids is 2. The summed E-state index contributed by atoms with van der Waals surface area (Å²) >= 11 is 0. The number of hydrogen-bond donors (Lipinski definition) is 0. The zero-order valence-corrected chi connectivity index (χ0v) is 14.1. The minimum Gasteiger partial charge on any atom is -0.454 e. The fourth-order valence-electron chi connectivity index (χ4n) is 3.12. The second-order valence-electron chi connectivity index (χ2n) is 6.27. The van der Waals surface area contributed by atoms with Crippen LogP contribution in [-0.2, 0) is 19.1 Å². The molecule has 0 radical (unpaired) electrons. The van der Waals surface area contributed by atoms with E-state index >= 15 is 0 Å². The predicted molar refractivity (Wildman–Crippen MR) is 93.8 cm³/mol. The highest BCUT2D eigenvalue weighted by Gasteiger charge is 2.27. The van der Waals surface area contributed by atoms with Gasteiger partial charge in [0.15, 0.2) is 6.10 Å². The first-order valence-electron chi connectivity index (χ1n) is 8.75. The minimum atomic E-state index is -0.941. The summed E-state index contributed by atoms with van der Waals surface area (Å²) in [6, 6.07) is 18.8. The van der Waals surface area contributed by atoms with E-state index in [9.17, 15) is 9.59 Å². The molecule has 0 bridgehead atoms. The molecule has 0 heterocycles. The van der Waals surface area contributed by atoms with Crippen LogP contribution in [-0.4, -0.2) is 18.0 Å². The van der Waals surface area contributed by atoms with E-state index in [0.717, 1.165) is 43.2 Å². The van der Waals surface area contributed by atoms with E-state index in [-0.39, 0.29) is 6.10 Å². The highest BCUT2D eigenvalue weighted by atomic mass is 16.6. The molecular formula is C21H22O4. The molecule has 1 aliphatic carbocycles. The minimum absolute atomic E-state index is 0.166. The quantitative estimate of drug-likeness (QED) is 0.619. The van der Waals surface area contributed by atoms with Gasteiger partial charge < -0.3 is 9.47 Å². The van der Waals surface area contributed by atoms with Crippen LogP contribution in [0, 0.1) is 0 Å². The third-order valence-electron chi connectivity index (χ3n) is 4.42. The van der Waals surface area contributed by atoms with Gasteiger partial charge in [0.25, 0.3) is 0 Å². The Balaban J connectivity index is 1.71. The third-order valence-corrected chi connectivity index (χ3v) is 4.42. The van der Waals surface area contributed by atoms with Crippen LogP contribution < -0.4 is 0 Å². The van der Waals surface area contributed by atoms with Gasteiger partial charge in [-0.3, -0.25) is 0 Å². The maximum absolute atomic E-state index is 12.3. The van der Waals surface area contributed by atoms with Crippen LogP contribution in [0.4, 0.5) is 0 Å². The van der Waals surface area contributed by atoms with Gasteiger partial charge in [0.1, 0.15) is 6.10 Å². The van der Waals surface area contributed by atoms with Crippen LogP contribution in [0.1, 0.15) is 49.3 Å². The van der Waals surface area contributed by atoms with E-state index in [0.29, 0.717) is 0 Å². The summed E-state index contributed by atoms with van der Waals surface area (Å²) in [7, 11) is 0. The third kappa shape index (κ3) is 4.69. The Morgan fingerprint density at radius 2 is 1.28 bits per heavy atom. The normalized spacial score (nSPS) is 14.9. The molecule has 0 amide bonds. The number of hydrogen-bond acceptors (Lipinski definition) is 4. The van der Waals surface area contributed by atoms with Crippen LogP contribution in [0.25, 0.3) is 0 Å². The summed E-state index contributed by atoms with van der Waals surface area (Å²) in [6.45, 7) is 0. The van der Waals surface area contributed by atoms with Gasteiger partial charge in [-0.2, -0.15) is 0 Å². The van der Waals surface area contributed by atoms with E-state index in [2.05, 4.69) is 0 Å². The number of benzene rings is 2. The van der Waals surface area contributed by atoms with Crippen LogP contribution in [0.15, 0.2) is 60.7 Å². The Bertz CT molecular complexity index is 651. The fraction of sp³-hybridized carbons (Fsp3) is 0.333. The molecule has 0 atom stereocenters. The molecule has 4 nitrogen and oxygen atoms in total. The summed E-state index contributed by atoms with van der Waals surface area (Å²) in [5.74, 6) is -1.84. The second kappa shape index (κ2) is 8.47. The van der Waals surface area contributed by atoms with Gasteiger partial charge >= 0.3 is 11.9 Å². The van der Waals surface area contributed by atoms with E-state index in [4.69, 9.17) is 9.47 Å². The summed E-state index contributed by atoms with van der Waals surface area (Å²) in [5, 5.41) is 0. The second-order valence-corrected chi connectivity index (χ2v) is 6.27. The van der Waals surface area contributed by atoms with Crippen LogP contribution in [0.2, 0.25) is 0 Å². The summed E-state index contributed by atoms with van der Waals surface area (Å²) in [5.41, 5.74) is 1.63. The lowest BCUT2D eigenvalue weighted by atomic mass is 9.98. The van der Waals surface area contributed by atoms with Gasteiger partial charge in [0, 0.05) is 0 Å². The zero-order valence-electron chi connectivity index (χ0n) is 14.1. The Hall–Kier alpha value is -2.62. The van der Waals surface area contributed by atoms with E-state index < -0.39 is 18.0 Å². The molecule has 0 aromatic heterocycles. The average Bonchev–Trinajstić information content (AvgIpc) is 2.68. The van der Waals surface area contributed by atoms with Gasteiger partial charge in [0.2, 0.25) is 0 Å². The van der Waals surface area contributed by atoms with Crippen molar-refractivity contribution in [1.29, 1.82) is 0 Å². The summed E-state index contributed by atoms with van der Waals surface area (Å²) in [6.07, 6.45) is 4.06. The molecule has 1 saturated carbocycles. The maximum atomic E-state index is 12.3. The van der Waals surface area contributed by atoms with Crippen molar-refractivity contribution in [2.75, 3.05) is 0 Å². The lowest BCUT2D eigenvalue weighted by molar-refractivity contribution is -0.174. The molecule has 0 aliphatic heterocycles. The lowest BCUT2D eigenvalue weighted by Crippen LogP contribution is -2.28. The molecule has 0 spiro atoms. The summed E-state index contributed by atoms with van der Waals surface area (Å²) < 4.78 is 10.8. The first-order valence-corrected chi connectivity index (χ1v) is 8.75. The van der Waals surface area contributed by atoms with Gasteiger partial charge in [-0.15, -0.1) is 0 Å². The molecule has 0 unspecified atom stereocenters. The van der Waals surface area contributed by atoms with Crippen molar-refractivity contribution in [3.63, 3.8) is 0 Å². The number of ether oxygens (including phenoxy) is 2. The van der Waals surface area contributed by atoms with Crippen molar-refractivity contribution in [1.82, 2.24) is 0 Å². The van der Waals surface area contributed by atoms with Gasteiger partial charge in [0.05, 0.1) is 0 Å². The van der Waals surface area contributed by atoms with Crippen molar-refractivity contribution < 1.29 is 19.1 Å². The first kappa shape index (κ1) is 17.2. The Morgan fingerprint density at radius 3 is 1.80 bits per heavy atom. The smallest absolute Gasteiger partial charge is 0.418 e. The molecule has 1 fully saturated rings. The molecule has 0 N–H and O–H groups in total. The van der Waals surface area contributed by atoms with Gasteiger partial charge in [-0.25, -0.2) is 9.59 Å².